The zero-order valence-corrected chi connectivity index (χ0v) is 15.7. The van der Waals surface area contributed by atoms with E-state index in [0.717, 1.165) is 17.9 Å². The molecule has 0 unspecified atom stereocenters. The molecule has 0 aliphatic heterocycles. The number of benzene rings is 3. The minimum Gasteiger partial charge on any atom is -0.508 e. The molecule has 2 atom stereocenters. The summed E-state index contributed by atoms with van der Waals surface area (Å²) >= 11 is 6.06. The summed E-state index contributed by atoms with van der Waals surface area (Å²) in [6.45, 7) is 2.21. The number of phenols is 1. The number of rotatable bonds is 7. The summed E-state index contributed by atoms with van der Waals surface area (Å²) < 4.78 is 0. The minimum atomic E-state index is 0.128. The molecule has 0 amide bonds. The Labute approximate surface area is 160 Å². The van der Waals surface area contributed by atoms with Crippen molar-refractivity contribution < 1.29 is 5.11 Å². The van der Waals surface area contributed by atoms with Crippen molar-refractivity contribution in [3.63, 3.8) is 0 Å². The van der Waals surface area contributed by atoms with E-state index >= 15 is 0 Å². The zero-order valence-electron chi connectivity index (χ0n) is 14.9. The molecule has 0 bridgehead atoms. The molecule has 2 nitrogen and oxygen atoms in total. The molecule has 3 heteroatoms. The van der Waals surface area contributed by atoms with E-state index in [9.17, 15) is 5.11 Å². The predicted octanol–water partition coefficient (Wildman–Crippen LogP) is 5.75. The molecule has 3 rings (SSSR count). The van der Waals surface area contributed by atoms with E-state index in [4.69, 9.17) is 11.6 Å². The lowest BCUT2D eigenvalue weighted by Crippen LogP contribution is -2.31. The van der Waals surface area contributed by atoms with E-state index < -0.39 is 0 Å². The van der Waals surface area contributed by atoms with E-state index in [-0.39, 0.29) is 6.04 Å². The second kappa shape index (κ2) is 8.88. The van der Waals surface area contributed by atoms with Gasteiger partial charge in [0.1, 0.15) is 5.75 Å². The Bertz CT molecular complexity index is 800. The van der Waals surface area contributed by atoms with Gasteiger partial charge in [0.2, 0.25) is 0 Å². The van der Waals surface area contributed by atoms with Gasteiger partial charge >= 0.3 is 0 Å². The van der Waals surface area contributed by atoms with Gasteiger partial charge in [0.15, 0.2) is 0 Å². The molecule has 0 radical (unpaired) electrons. The third-order valence-corrected chi connectivity index (χ3v) is 4.84. The number of halogens is 1. The average Bonchev–Trinajstić information content (AvgIpc) is 2.67. The zero-order chi connectivity index (χ0) is 18.4. The van der Waals surface area contributed by atoms with Gasteiger partial charge in [0.05, 0.1) is 6.04 Å². The maximum Gasteiger partial charge on any atom is 0.115 e. The third kappa shape index (κ3) is 5.10. The van der Waals surface area contributed by atoms with Crippen LogP contribution in [0.25, 0.3) is 0 Å². The molecular weight excluding hydrogens is 342 g/mol. The number of hydrogen-bond acceptors (Lipinski definition) is 2. The van der Waals surface area contributed by atoms with Crippen molar-refractivity contribution in [1.82, 2.24) is 5.32 Å². The smallest absolute Gasteiger partial charge is 0.115 e. The predicted molar refractivity (Wildman–Crippen MR) is 109 cm³/mol. The van der Waals surface area contributed by atoms with Crippen LogP contribution in [0.4, 0.5) is 0 Å². The Hall–Kier alpha value is -2.29. The monoisotopic (exact) mass is 365 g/mol. The van der Waals surface area contributed by atoms with Crippen molar-refractivity contribution in [3.05, 3.63) is 101 Å². The summed E-state index contributed by atoms with van der Waals surface area (Å²) in [5, 5.41) is 13.9. The van der Waals surface area contributed by atoms with Crippen LogP contribution in [0.3, 0.4) is 0 Å². The van der Waals surface area contributed by atoms with Crippen molar-refractivity contribution in [2.75, 3.05) is 0 Å². The molecule has 0 heterocycles. The molecule has 134 valence electrons. The number of aryl methyl sites for hydroxylation is 1. The Morgan fingerprint density at radius 2 is 1.46 bits per heavy atom. The minimum absolute atomic E-state index is 0.128. The molecule has 3 aromatic rings. The van der Waals surface area contributed by atoms with Crippen LogP contribution in [0.5, 0.6) is 5.75 Å². The molecule has 26 heavy (non-hydrogen) atoms. The quantitative estimate of drug-likeness (QED) is 0.559. The summed E-state index contributed by atoms with van der Waals surface area (Å²) in [5.41, 5.74) is 3.68. The lowest BCUT2D eigenvalue weighted by molar-refractivity contribution is 0.470. The van der Waals surface area contributed by atoms with Crippen molar-refractivity contribution in [1.29, 1.82) is 0 Å². The van der Waals surface area contributed by atoms with E-state index in [1.807, 2.05) is 30.3 Å². The average molecular weight is 366 g/mol. The van der Waals surface area contributed by atoms with Crippen molar-refractivity contribution >= 4 is 11.6 Å². The molecule has 2 N–H and O–H groups in total. The first-order valence-corrected chi connectivity index (χ1v) is 9.34. The molecule has 0 saturated carbocycles. The van der Waals surface area contributed by atoms with E-state index in [1.54, 1.807) is 12.1 Å². The molecule has 0 spiro atoms. The lowest BCUT2D eigenvalue weighted by atomic mass is 9.97. The van der Waals surface area contributed by atoms with Gasteiger partial charge in [-0.25, -0.2) is 0 Å². The largest absolute Gasteiger partial charge is 0.508 e. The van der Waals surface area contributed by atoms with Crippen molar-refractivity contribution in [2.45, 2.75) is 31.8 Å². The highest BCUT2D eigenvalue weighted by atomic mass is 35.5. The molecule has 0 aliphatic rings. The first-order chi connectivity index (χ1) is 12.6. The highest BCUT2D eigenvalue weighted by molar-refractivity contribution is 6.30. The van der Waals surface area contributed by atoms with Crippen LogP contribution in [0.2, 0.25) is 5.02 Å². The van der Waals surface area contributed by atoms with Crippen molar-refractivity contribution in [2.24, 2.45) is 0 Å². The van der Waals surface area contributed by atoms with Crippen LogP contribution in [-0.4, -0.2) is 11.1 Å². The van der Waals surface area contributed by atoms with Gasteiger partial charge in [-0.1, -0.05) is 66.2 Å². The number of nitrogens with one attached hydrogen (secondary N) is 1. The molecular formula is C23H24ClNO. The second-order valence-electron chi connectivity index (χ2n) is 6.67. The van der Waals surface area contributed by atoms with Crippen LogP contribution in [0, 0.1) is 0 Å². The second-order valence-corrected chi connectivity index (χ2v) is 7.10. The van der Waals surface area contributed by atoms with E-state index in [2.05, 4.69) is 48.6 Å². The van der Waals surface area contributed by atoms with Crippen molar-refractivity contribution in [3.8, 4) is 5.75 Å². The molecule has 3 aromatic carbocycles. The summed E-state index contributed by atoms with van der Waals surface area (Å²) in [4.78, 5) is 0. The fraction of sp³-hybridized carbons (Fsp3) is 0.217. The lowest BCUT2D eigenvalue weighted by Gasteiger charge is -2.24. The van der Waals surface area contributed by atoms with E-state index in [1.165, 1.54) is 16.7 Å². The Kier molecular flexibility index (Phi) is 6.32. The normalized spacial score (nSPS) is 13.3. The summed E-state index contributed by atoms with van der Waals surface area (Å²) in [5.74, 6) is 0.312. The maximum absolute atomic E-state index is 9.40. The Morgan fingerprint density at radius 3 is 2.12 bits per heavy atom. The molecule has 0 saturated heterocycles. The standard InChI is InChI=1S/C23H24ClNO/c1-17(7-8-18-9-15-22(26)16-10-18)25-23(19-5-3-2-4-6-19)20-11-13-21(24)14-12-20/h2-6,9-17,23,25-26H,7-8H2,1H3/t17-,23+/m1/s1. The van der Waals surface area contributed by atoms with Crippen LogP contribution >= 0.6 is 11.6 Å². The third-order valence-electron chi connectivity index (χ3n) is 4.59. The summed E-state index contributed by atoms with van der Waals surface area (Å²) in [7, 11) is 0. The Morgan fingerprint density at radius 1 is 0.846 bits per heavy atom. The van der Waals surface area contributed by atoms with Gasteiger partial charge in [0.25, 0.3) is 0 Å². The fourth-order valence-electron chi connectivity index (χ4n) is 3.10. The van der Waals surface area contributed by atoms with Gasteiger partial charge in [-0.05, 0) is 60.7 Å². The van der Waals surface area contributed by atoms with E-state index in [0.29, 0.717) is 11.8 Å². The molecule has 0 fully saturated rings. The van der Waals surface area contributed by atoms with Gasteiger partial charge in [0, 0.05) is 11.1 Å². The molecule has 0 aliphatic carbocycles. The highest BCUT2D eigenvalue weighted by Crippen LogP contribution is 2.24. The fourth-order valence-corrected chi connectivity index (χ4v) is 3.23. The first kappa shape index (κ1) is 18.5. The van der Waals surface area contributed by atoms with Gasteiger partial charge in [-0.15, -0.1) is 0 Å². The summed E-state index contributed by atoms with van der Waals surface area (Å²) in [6.07, 6.45) is 1.98. The van der Waals surface area contributed by atoms with Gasteiger partial charge in [-0.2, -0.15) is 0 Å². The number of phenolic OH excluding ortho intramolecular Hbond substituents is 1. The maximum atomic E-state index is 9.40. The summed E-state index contributed by atoms with van der Waals surface area (Å²) in [6, 6.07) is 26.4. The first-order valence-electron chi connectivity index (χ1n) is 8.96. The van der Waals surface area contributed by atoms with Crippen LogP contribution in [0.1, 0.15) is 36.1 Å². The van der Waals surface area contributed by atoms with Gasteiger partial charge < -0.3 is 10.4 Å². The SMILES string of the molecule is C[C@H](CCc1ccc(O)cc1)N[C@@H](c1ccccc1)c1ccc(Cl)cc1. The topological polar surface area (TPSA) is 32.3 Å². The number of aromatic hydroxyl groups is 1. The van der Waals surface area contributed by atoms with Crippen LogP contribution < -0.4 is 5.32 Å². The van der Waals surface area contributed by atoms with Gasteiger partial charge in [-0.3, -0.25) is 0 Å². The van der Waals surface area contributed by atoms with Crippen LogP contribution in [0.15, 0.2) is 78.9 Å². The Balaban J connectivity index is 1.70. The van der Waals surface area contributed by atoms with Crippen LogP contribution in [-0.2, 0) is 6.42 Å². The highest BCUT2D eigenvalue weighted by Gasteiger charge is 2.16. The molecule has 0 aromatic heterocycles. The number of hydrogen-bond donors (Lipinski definition) is 2.